The lowest BCUT2D eigenvalue weighted by atomic mass is 10.0. The molecule has 0 aromatic heterocycles. The smallest absolute Gasteiger partial charge is 0.237 e. The Morgan fingerprint density at radius 3 is 2.52 bits per heavy atom. The van der Waals surface area contributed by atoms with Crippen molar-refractivity contribution < 1.29 is 18.7 Å². The fourth-order valence-electron chi connectivity index (χ4n) is 4.01. The highest BCUT2D eigenvalue weighted by Gasteiger charge is 2.35. The number of rotatable bonds is 7. The molecule has 3 atom stereocenters. The number of carbonyl (C=O) groups excluding carboxylic acids is 1. The number of carbonyl (C=O) groups is 1. The van der Waals surface area contributed by atoms with E-state index in [9.17, 15) is 9.18 Å². The molecule has 1 aliphatic heterocycles. The van der Waals surface area contributed by atoms with Crippen LogP contribution < -0.4 is 14.8 Å². The first-order valence-electron chi connectivity index (χ1n) is 9.98. The molecular formula is C23H29FN2O3. The highest BCUT2D eigenvalue weighted by Crippen LogP contribution is 2.40. The van der Waals surface area contributed by atoms with E-state index in [4.69, 9.17) is 9.47 Å². The molecule has 0 aliphatic carbocycles. The number of likely N-dealkylation sites (tertiary alicyclic amines) is 1. The van der Waals surface area contributed by atoms with Gasteiger partial charge in [-0.25, -0.2) is 4.39 Å². The van der Waals surface area contributed by atoms with Crippen LogP contribution in [-0.4, -0.2) is 37.6 Å². The van der Waals surface area contributed by atoms with Gasteiger partial charge in [0.25, 0.3) is 0 Å². The van der Waals surface area contributed by atoms with Crippen LogP contribution in [0.1, 0.15) is 49.9 Å². The van der Waals surface area contributed by atoms with E-state index in [2.05, 4.69) is 10.2 Å². The van der Waals surface area contributed by atoms with Gasteiger partial charge >= 0.3 is 0 Å². The van der Waals surface area contributed by atoms with Gasteiger partial charge in [0.2, 0.25) is 5.91 Å². The van der Waals surface area contributed by atoms with E-state index in [0.717, 1.165) is 42.0 Å². The van der Waals surface area contributed by atoms with Crippen LogP contribution in [0.15, 0.2) is 42.5 Å². The van der Waals surface area contributed by atoms with Crippen LogP contribution in [0.3, 0.4) is 0 Å². The molecule has 29 heavy (non-hydrogen) atoms. The van der Waals surface area contributed by atoms with Crippen molar-refractivity contribution >= 4 is 5.91 Å². The van der Waals surface area contributed by atoms with Gasteiger partial charge in [-0.1, -0.05) is 12.1 Å². The maximum Gasteiger partial charge on any atom is 0.237 e. The Labute approximate surface area is 171 Å². The quantitative estimate of drug-likeness (QED) is 0.755. The number of methoxy groups -OCH3 is 2. The average molecular weight is 400 g/mol. The summed E-state index contributed by atoms with van der Waals surface area (Å²) in [5.41, 5.74) is 1.91. The first-order valence-corrected chi connectivity index (χ1v) is 9.98. The molecule has 1 fully saturated rings. The zero-order chi connectivity index (χ0) is 21.0. The molecule has 6 heteroatoms. The summed E-state index contributed by atoms with van der Waals surface area (Å²) in [7, 11) is 3.30. The van der Waals surface area contributed by atoms with E-state index in [1.165, 1.54) is 12.1 Å². The normalized spacial score (nSPS) is 18.9. The molecule has 0 bridgehead atoms. The number of halogens is 1. The fraction of sp³-hybridized carbons (Fsp3) is 0.435. The van der Waals surface area contributed by atoms with E-state index >= 15 is 0 Å². The Morgan fingerprint density at radius 1 is 1.14 bits per heavy atom. The maximum absolute atomic E-state index is 13.2. The summed E-state index contributed by atoms with van der Waals surface area (Å²) in [6.45, 7) is 4.67. The van der Waals surface area contributed by atoms with Crippen molar-refractivity contribution in [3.05, 3.63) is 59.4 Å². The second-order valence-electron chi connectivity index (χ2n) is 7.46. The molecule has 0 radical (unpaired) electrons. The SMILES string of the molecule is COc1ccc(OC)c([C@@H]2CCCN2[C@@H](C)C(=O)N[C@@H](C)c2ccc(F)cc2)c1. The van der Waals surface area contributed by atoms with Crippen molar-refractivity contribution in [1.82, 2.24) is 10.2 Å². The molecular weight excluding hydrogens is 371 g/mol. The highest BCUT2D eigenvalue weighted by molar-refractivity contribution is 5.81. The van der Waals surface area contributed by atoms with Crippen LogP contribution in [0.25, 0.3) is 0 Å². The molecule has 1 heterocycles. The van der Waals surface area contributed by atoms with Gasteiger partial charge in [-0.2, -0.15) is 0 Å². The highest BCUT2D eigenvalue weighted by atomic mass is 19.1. The second-order valence-corrected chi connectivity index (χ2v) is 7.46. The van der Waals surface area contributed by atoms with Crippen LogP contribution in [-0.2, 0) is 4.79 Å². The van der Waals surface area contributed by atoms with Crippen molar-refractivity contribution in [2.75, 3.05) is 20.8 Å². The summed E-state index contributed by atoms with van der Waals surface area (Å²) < 4.78 is 24.1. The van der Waals surface area contributed by atoms with E-state index in [0.29, 0.717) is 0 Å². The van der Waals surface area contributed by atoms with Gasteiger partial charge < -0.3 is 14.8 Å². The third-order valence-corrected chi connectivity index (χ3v) is 5.70. The standard InChI is InChI=1S/C23H29FN2O3/c1-15(17-7-9-18(24)10-8-17)25-23(27)16(2)26-13-5-6-21(26)20-14-19(28-3)11-12-22(20)29-4/h7-12,14-16,21H,5-6,13H2,1-4H3,(H,25,27)/t15-,16-,21-/m0/s1. The Balaban J connectivity index is 1.75. The Morgan fingerprint density at radius 2 is 1.86 bits per heavy atom. The molecule has 0 spiro atoms. The number of nitrogens with zero attached hydrogens (tertiary/aromatic N) is 1. The molecule has 1 saturated heterocycles. The summed E-state index contributed by atoms with van der Waals surface area (Å²) in [5, 5.41) is 3.06. The predicted octanol–water partition coefficient (Wildman–Crippen LogP) is 4.25. The van der Waals surface area contributed by atoms with Crippen LogP contribution in [0.4, 0.5) is 4.39 Å². The van der Waals surface area contributed by atoms with Crippen LogP contribution in [0.5, 0.6) is 11.5 Å². The Kier molecular flexibility index (Phi) is 6.75. The zero-order valence-electron chi connectivity index (χ0n) is 17.4. The first kappa shape index (κ1) is 21.1. The number of hydrogen-bond donors (Lipinski definition) is 1. The monoisotopic (exact) mass is 400 g/mol. The topological polar surface area (TPSA) is 50.8 Å². The number of amides is 1. The number of benzene rings is 2. The summed E-state index contributed by atoms with van der Waals surface area (Å²) in [4.78, 5) is 15.2. The molecule has 3 rings (SSSR count). The molecule has 0 saturated carbocycles. The minimum atomic E-state index is -0.304. The lowest BCUT2D eigenvalue weighted by Gasteiger charge is -2.31. The summed E-state index contributed by atoms with van der Waals surface area (Å²) in [5.74, 6) is 1.24. The summed E-state index contributed by atoms with van der Waals surface area (Å²) in [6, 6.07) is 11.6. The Bertz CT molecular complexity index is 841. The average Bonchev–Trinajstić information content (AvgIpc) is 3.22. The third-order valence-electron chi connectivity index (χ3n) is 5.70. The number of hydrogen-bond acceptors (Lipinski definition) is 4. The fourth-order valence-corrected chi connectivity index (χ4v) is 4.01. The van der Waals surface area contributed by atoms with Crippen molar-refractivity contribution in [2.45, 2.75) is 44.8 Å². The molecule has 2 aromatic rings. The van der Waals surface area contributed by atoms with Gasteiger partial charge in [-0.05, 0) is 69.1 Å². The van der Waals surface area contributed by atoms with Gasteiger partial charge in [0.05, 0.1) is 26.3 Å². The summed E-state index contributed by atoms with van der Waals surface area (Å²) >= 11 is 0. The zero-order valence-corrected chi connectivity index (χ0v) is 17.4. The predicted molar refractivity (Wildman–Crippen MR) is 111 cm³/mol. The van der Waals surface area contributed by atoms with Crippen molar-refractivity contribution in [2.24, 2.45) is 0 Å². The van der Waals surface area contributed by atoms with Crippen LogP contribution >= 0.6 is 0 Å². The van der Waals surface area contributed by atoms with E-state index in [1.54, 1.807) is 26.4 Å². The minimum absolute atomic E-state index is 0.0458. The molecule has 1 aliphatic rings. The largest absolute Gasteiger partial charge is 0.497 e. The minimum Gasteiger partial charge on any atom is -0.497 e. The Hall–Kier alpha value is -2.60. The van der Waals surface area contributed by atoms with E-state index in [-0.39, 0.29) is 29.8 Å². The first-order chi connectivity index (χ1) is 13.9. The number of nitrogens with one attached hydrogen (secondary N) is 1. The number of ether oxygens (including phenoxy) is 2. The van der Waals surface area contributed by atoms with Crippen molar-refractivity contribution in [1.29, 1.82) is 0 Å². The molecule has 2 aromatic carbocycles. The molecule has 0 unspecified atom stereocenters. The molecule has 5 nitrogen and oxygen atoms in total. The molecule has 1 amide bonds. The van der Waals surface area contributed by atoms with Gasteiger partial charge in [-0.15, -0.1) is 0 Å². The molecule has 1 N–H and O–H groups in total. The van der Waals surface area contributed by atoms with E-state index in [1.807, 2.05) is 32.0 Å². The van der Waals surface area contributed by atoms with Crippen LogP contribution in [0, 0.1) is 5.82 Å². The van der Waals surface area contributed by atoms with Crippen LogP contribution in [0.2, 0.25) is 0 Å². The van der Waals surface area contributed by atoms with Crippen molar-refractivity contribution in [3.8, 4) is 11.5 Å². The summed E-state index contributed by atoms with van der Waals surface area (Å²) in [6.07, 6.45) is 1.96. The van der Waals surface area contributed by atoms with E-state index < -0.39 is 0 Å². The van der Waals surface area contributed by atoms with Gasteiger partial charge in [0.1, 0.15) is 17.3 Å². The lowest BCUT2D eigenvalue weighted by molar-refractivity contribution is -0.127. The van der Waals surface area contributed by atoms with Crippen molar-refractivity contribution in [3.63, 3.8) is 0 Å². The lowest BCUT2D eigenvalue weighted by Crippen LogP contribution is -2.45. The van der Waals surface area contributed by atoms with Gasteiger partial charge in [0.15, 0.2) is 0 Å². The third kappa shape index (κ3) is 4.70. The second kappa shape index (κ2) is 9.27. The maximum atomic E-state index is 13.2. The molecule has 156 valence electrons. The van der Waals surface area contributed by atoms with Gasteiger partial charge in [0, 0.05) is 11.6 Å². The van der Waals surface area contributed by atoms with Gasteiger partial charge in [-0.3, -0.25) is 9.69 Å².